The van der Waals surface area contributed by atoms with Crippen LogP contribution < -0.4 is 24.8 Å². The second kappa shape index (κ2) is 12.9. The van der Waals surface area contributed by atoms with Crippen molar-refractivity contribution < 1.29 is 48.1 Å². The van der Waals surface area contributed by atoms with E-state index in [1.807, 2.05) is 35.5 Å². The molecule has 4 heteroatoms. The Morgan fingerprint density at radius 2 is 1.43 bits per heavy atom. The molecule has 1 aliphatic heterocycles. The fourth-order valence-electron chi connectivity index (χ4n) is 3.40. The molecule has 0 saturated carbocycles. The van der Waals surface area contributed by atoms with Crippen molar-refractivity contribution in [2.75, 3.05) is 0 Å². The van der Waals surface area contributed by atoms with Gasteiger partial charge >= 0.3 is 53.7 Å². The van der Waals surface area contributed by atoms with Crippen LogP contribution in [0.2, 0.25) is 12.1 Å². The molecule has 0 atom stereocenters. The molecular weight excluding hydrogens is 478 g/mol. The number of allylic oxidation sites excluding steroid dienone is 4. The zero-order valence-electron chi connectivity index (χ0n) is 16.6. The molecule has 146 valence electrons. The molecule has 0 nitrogen and oxygen atoms in total. The van der Waals surface area contributed by atoms with Gasteiger partial charge in [0.25, 0.3) is 0 Å². The predicted octanol–water partition coefficient (Wildman–Crippen LogP) is 0.961. The van der Waals surface area contributed by atoms with E-state index >= 15 is 0 Å². The van der Waals surface area contributed by atoms with Gasteiger partial charge in [0, 0.05) is 0 Å². The number of hydrogen-bond acceptors (Lipinski definition) is 0. The van der Waals surface area contributed by atoms with Gasteiger partial charge in [-0.05, 0) is 13.8 Å². The van der Waals surface area contributed by atoms with Gasteiger partial charge in [0.05, 0.1) is 0 Å². The molecule has 0 radical (unpaired) electrons. The maximum absolute atomic E-state index is 2.99. The van der Waals surface area contributed by atoms with E-state index in [-0.39, 0.29) is 24.8 Å². The molecule has 0 N–H and O–H groups in total. The van der Waals surface area contributed by atoms with Gasteiger partial charge in [-0.25, -0.2) is 12.2 Å². The van der Waals surface area contributed by atoms with Crippen molar-refractivity contribution in [1.29, 1.82) is 0 Å². The third kappa shape index (κ3) is 7.38. The van der Waals surface area contributed by atoms with Crippen LogP contribution in [0.5, 0.6) is 0 Å². The molecule has 0 spiro atoms. The summed E-state index contributed by atoms with van der Waals surface area (Å²) in [6.45, 7) is 4.28. The molecule has 28 heavy (non-hydrogen) atoms. The Labute approximate surface area is 197 Å². The van der Waals surface area contributed by atoms with Gasteiger partial charge in [-0.2, -0.15) is 6.08 Å². The van der Waals surface area contributed by atoms with E-state index in [2.05, 4.69) is 68.5 Å². The molecule has 0 amide bonds. The Bertz CT molecular complexity index is 895. The van der Waals surface area contributed by atoms with Crippen LogP contribution in [-0.4, -0.2) is 5.43 Å². The summed E-state index contributed by atoms with van der Waals surface area (Å²) in [4.78, 5) is 0. The van der Waals surface area contributed by atoms with Gasteiger partial charge in [0.15, 0.2) is 0 Å². The Hall–Kier alpha value is -0.530. The first-order chi connectivity index (χ1) is 12.6. The molecule has 3 aromatic carbocycles. The van der Waals surface area contributed by atoms with E-state index < -0.39 is 0 Å². The molecule has 1 saturated heterocycles. The summed E-state index contributed by atoms with van der Waals surface area (Å²) in [5.74, 6) is 0. The van der Waals surface area contributed by atoms with Crippen molar-refractivity contribution in [2.24, 2.45) is 0 Å². The predicted molar refractivity (Wildman–Crippen MR) is 113 cm³/mol. The fraction of sp³-hybridized carbons (Fsp3) is 0.292. The molecule has 1 aliphatic carbocycles. The maximum atomic E-state index is 2.99. The second-order valence-corrected chi connectivity index (χ2v) is 14.6. The number of hydrogen-bond donors (Lipinski definition) is 0. The van der Waals surface area contributed by atoms with Gasteiger partial charge in [-0.1, -0.05) is 35.4 Å². The average molecular weight is 505 g/mol. The number of fused-ring (bicyclic) bond motifs is 3. The average Bonchev–Trinajstić information content (AvgIpc) is 3.37. The Balaban J connectivity index is 0.000000252. The molecule has 2 aliphatic rings. The van der Waals surface area contributed by atoms with E-state index in [4.69, 9.17) is 0 Å². The van der Waals surface area contributed by atoms with Gasteiger partial charge in [-0.3, -0.25) is 6.08 Å². The van der Waals surface area contributed by atoms with E-state index in [0.717, 1.165) is 6.42 Å². The van der Waals surface area contributed by atoms with Crippen LogP contribution in [0.25, 0.3) is 21.5 Å². The van der Waals surface area contributed by atoms with Gasteiger partial charge in [0.1, 0.15) is 0 Å². The van der Waals surface area contributed by atoms with E-state index in [0.29, 0.717) is 5.43 Å². The normalized spacial score (nSPS) is 14.1. The molecule has 0 unspecified atom stereocenters. The van der Waals surface area contributed by atoms with Crippen molar-refractivity contribution in [1.82, 2.24) is 0 Å². The Morgan fingerprint density at radius 1 is 0.893 bits per heavy atom. The summed E-state index contributed by atoms with van der Waals surface area (Å²) in [7, 11) is 0. The minimum atomic E-state index is 0. The van der Waals surface area contributed by atoms with Crippen LogP contribution in [0.3, 0.4) is 0 Å². The quantitative estimate of drug-likeness (QED) is 0.316. The third-order valence-electron chi connectivity index (χ3n) is 4.81. The van der Waals surface area contributed by atoms with Crippen LogP contribution in [-0.2, 0) is 23.3 Å². The van der Waals surface area contributed by atoms with Crippen LogP contribution in [0.4, 0.5) is 0 Å². The molecule has 0 bridgehead atoms. The fourth-order valence-corrected chi connectivity index (χ4v) is 7.61. The molecule has 0 aromatic heterocycles. The molecule has 5 rings (SSSR count). The van der Waals surface area contributed by atoms with Crippen LogP contribution in [0, 0.1) is 19.9 Å². The van der Waals surface area contributed by atoms with Crippen LogP contribution in [0.1, 0.15) is 30.4 Å². The van der Waals surface area contributed by atoms with Crippen molar-refractivity contribution in [3.8, 4) is 0 Å². The zero-order valence-corrected chi connectivity index (χ0v) is 21.5. The minimum absolute atomic E-state index is 0. The van der Waals surface area contributed by atoms with Gasteiger partial charge in [-0.15, -0.1) is 46.2 Å². The van der Waals surface area contributed by atoms with Gasteiger partial charge in [0.2, 0.25) is 0 Å². The number of benzene rings is 2. The van der Waals surface area contributed by atoms with E-state index in [1.165, 1.54) is 32.7 Å². The first-order valence-corrected chi connectivity index (χ1v) is 15.1. The van der Waals surface area contributed by atoms with Crippen molar-refractivity contribution in [3.05, 3.63) is 77.9 Å². The summed E-state index contributed by atoms with van der Waals surface area (Å²) in [5, 5.41) is 5.46. The Kier molecular flexibility index (Phi) is 11.8. The van der Waals surface area contributed by atoms with Crippen molar-refractivity contribution >= 4 is 27.0 Å². The summed E-state index contributed by atoms with van der Waals surface area (Å²) in [6.07, 6.45) is 13.1. The number of rotatable bonds is 0. The van der Waals surface area contributed by atoms with Gasteiger partial charge < -0.3 is 24.8 Å². The Morgan fingerprint density at radius 3 is 1.75 bits per heavy atom. The summed E-state index contributed by atoms with van der Waals surface area (Å²) < 4.78 is 0. The third-order valence-corrected chi connectivity index (χ3v) is 10.4. The molecular formula is C24H26Cl2SiZr-2. The van der Waals surface area contributed by atoms with Crippen LogP contribution in [0.15, 0.2) is 60.7 Å². The monoisotopic (exact) mass is 502 g/mol. The van der Waals surface area contributed by atoms with E-state index in [1.54, 1.807) is 24.9 Å². The SMILES string of the molecule is Cc1ccc2c(c1)[cH-]c1cc(C)ccc12.[C-]1=CC=CC1.[Cl-].[Cl-].[Zr+2]=[Si]1CCCC1. The first-order valence-electron chi connectivity index (χ1n) is 9.48. The van der Waals surface area contributed by atoms with E-state index in [9.17, 15) is 0 Å². The summed E-state index contributed by atoms with van der Waals surface area (Å²) in [5.41, 5.74) is 2.99. The zero-order chi connectivity index (χ0) is 18.4. The molecule has 1 fully saturated rings. The second-order valence-electron chi connectivity index (χ2n) is 7.14. The summed E-state index contributed by atoms with van der Waals surface area (Å²) >= 11 is 1.87. The number of aryl methyl sites for hydroxylation is 2. The van der Waals surface area contributed by atoms with Crippen molar-refractivity contribution in [3.63, 3.8) is 0 Å². The molecule has 3 aromatic rings. The topological polar surface area (TPSA) is 0 Å². The summed E-state index contributed by atoms with van der Waals surface area (Å²) in [6, 6.07) is 18.9. The standard InChI is InChI=1S/C15H13.C5H5.C4H8Si.2ClH.Zr/c1-10-3-5-14-12(7-10)9-13-8-11(2)4-6-15(13)14;2*1-2-4-5-3-1;;;/h3-9H,1-2H3;1-3H,4H2;1-4H2;2*1H;/q2*-1;;;;+2/p-2. The number of halogens is 2. The first kappa shape index (κ1) is 25.5. The molecule has 1 heterocycles. The van der Waals surface area contributed by atoms with Crippen molar-refractivity contribution in [2.45, 2.75) is 45.2 Å². The van der Waals surface area contributed by atoms with Crippen LogP contribution >= 0.6 is 0 Å².